The van der Waals surface area contributed by atoms with Crippen LogP contribution in [0.3, 0.4) is 0 Å². The first-order valence-electron chi connectivity index (χ1n) is 10.7. The summed E-state index contributed by atoms with van der Waals surface area (Å²) in [5.74, 6) is -0.245. The van der Waals surface area contributed by atoms with Gasteiger partial charge in [-0.2, -0.15) is 0 Å². The molecule has 2 aromatic carbocycles. The Morgan fingerprint density at radius 3 is 2.45 bits per heavy atom. The molecule has 2 heterocycles. The maximum absolute atomic E-state index is 13.3. The Hall–Kier alpha value is -3.48. The predicted octanol–water partition coefficient (Wildman–Crippen LogP) is 4.66. The number of nitrogens with two attached hydrogens (primary N) is 1. The fourth-order valence-corrected chi connectivity index (χ4v) is 3.72. The third-order valence-electron chi connectivity index (χ3n) is 5.39. The molecule has 6 nitrogen and oxygen atoms in total. The van der Waals surface area contributed by atoms with E-state index in [0.717, 1.165) is 36.8 Å². The van der Waals surface area contributed by atoms with Crippen LogP contribution in [0, 0.1) is 5.82 Å². The number of fused-ring (bicyclic) bond motifs is 2. The minimum atomic E-state index is -0.303. The van der Waals surface area contributed by atoms with Gasteiger partial charge in [0.2, 0.25) is 0 Å². The quantitative estimate of drug-likeness (QED) is 0.407. The van der Waals surface area contributed by atoms with E-state index in [-0.39, 0.29) is 11.7 Å². The predicted molar refractivity (Wildman–Crippen MR) is 121 cm³/mol. The van der Waals surface area contributed by atoms with E-state index in [0.29, 0.717) is 41.2 Å². The Kier molecular flexibility index (Phi) is 6.11. The number of nitrogen functional groups attached to an aromatic ring is 1. The van der Waals surface area contributed by atoms with Crippen LogP contribution in [0.5, 0.6) is 0 Å². The van der Waals surface area contributed by atoms with Gasteiger partial charge in [0.1, 0.15) is 22.7 Å². The van der Waals surface area contributed by atoms with Gasteiger partial charge in [0.05, 0.1) is 17.6 Å². The summed E-state index contributed by atoms with van der Waals surface area (Å²) < 4.78 is 15.1. The summed E-state index contributed by atoms with van der Waals surface area (Å²) in [5.41, 5.74) is 10.1. The van der Waals surface area contributed by atoms with Crippen LogP contribution >= 0.6 is 0 Å². The molecule has 0 aliphatic rings. The molecule has 3 N–H and O–H groups in total. The number of halogens is 1. The Balaban J connectivity index is 1.75. The lowest BCUT2D eigenvalue weighted by Gasteiger charge is -2.08. The lowest BCUT2D eigenvalue weighted by atomic mass is 10.2. The summed E-state index contributed by atoms with van der Waals surface area (Å²) in [7, 11) is 0. The number of para-hydroxylation sites is 2. The summed E-state index contributed by atoms with van der Waals surface area (Å²) in [6.45, 7) is 3.10. The Morgan fingerprint density at radius 2 is 1.74 bits per heavy atom. The number of benzene rings is 2. The van der Waals surface area contributed by atoms with E-state index in [9.17, 15) is 9.18 Å². The summed E-state index contributed by atoms with van der Waals surface area (Å²) in [6.07, 6.45) is 4.28. The number of hydrogen-bond donors (Lipinski definition) is 2. The van der Waals surface area contributed by atoms with E-state index < -0.39 is 0 Å². The molecule has 4 rings (SSSR count). The highest BCUT2D eigenvalue weighted by molar-refractivity contribution is 6.10. The van der Waals surface area contributed by atoms with Gasteiger partial charge in [0, 0.05) is 6.54 Å². The van der Waals surface area contributed by atoms with Gasteiger partial charge in [-0.3, -0.25) is 4.79 Å². The second kappa shape index (κ2) is 9.12. The van der Waals surface area contributed by atoms with Crippen LogP contribution in [0.4, 0.5) is 10.2 Å². The lowest BCUT2D eigenvalue weighted by Crippen LogP contribution is -2.25. The Morgan fingerprint density at radius 1 is 1.03 bits per heavy atom. The van der Waals surface area contributed by atoms with Crippen molar-refractivity contribution >= 4 is 33.9 Å². The summed E-state index contributed by atoms with van der Waals surface area (Å²) in [4.78, 5) is 22.5. The second-order valence-electron chi connectivity index (χ2n) is 7.67. The molecule has 4 aromatic rings. The Labute approximate surface area is 180 Å². The number of anilines is 1. The molecule has 0 aliphatic heterocycles. The molecular formula is C24H26FN5O. The van der Waals surface area contributed by atoms with Gasteiger partial charge in [-0.05, 0) is 36.2 Å². The van der Waals surface area contributed by atoms with Gasteiger partial charge in [0.25, 0.3) is 5.91 Å². The maximum Gasteiger partial charge on any atom is 0.257 e. The molecule has 0 saturated carbocycles. The van der Waals surface area contributed by atoms with Crippen molar-refractivity contribution in [1.82, 2.24) is 19.9 Å². The molecule has 2 aromatic heterocycles. The maximum atomic E-state index is 13.3. The number of amides is 1. The zero-order valence-electron chi connectivity index (χ0n) is 17.6. The summed E-state index contributed by atoms with van der Waals surface area (Å²) >= 11 is 0. The van der Waals surface area contributed by atoms with Gasteiger partial charge in [-0.1, -0.05) is 50.5 Å². The van der Waals surface area contributed by atoms with E-state index in [4.69, 9.17) is 15.7 Å². The zero-order chi connectivity index (χ0) is 21.8. The number of aromatic nitrogens is 3. The van der Waals surface area contributed by atoms with Gasteiger partial charge >= 0.3 is 0 Å². The smallest absolute Gasteiger partial charge is 0.257 e. The first-order valence-corrected chi connectivity index (χ1v) is 10.7. The molecular weight excluding hydrogens is 393 g/mol. The zero-order valence-corrected chi connectivity index (χ0v) is 17.6. The van der Waals surface area contributed by atoms with Crippen LogP contribution in [0.2, 0.25) is 0 Å². The highest BCUT2D eigenvalue weighted by Gasteiger charge is 2.23. The van der Waals surface area contributed by atoms with Gasteiger partial charge in [-0.25, -0.2) is 14.4 Å². The number of carbonyl (C=O) groups excluding carboxylic acids is 1. The van der Waals surface area contributed by atoms with Gasteiger partial charge < -0.3 is 15.6 Å². The summed E-state index contributed by atoms with van der Waals surface area (Å²) in [6, 6.07) is 13.7. The van der Waals surface area contributed by atoms with Gasteiger partial charge in [0.15, 0.2) is 5.65 Å². The van der Waals surface area contributed by atoms with E-state index in [1.54, 1.807) is 16.7 Å². The number of hydrogen-bond acceptors (Lipinski definition) is 4. The van der Waals surface area contributed by atoms with Crippen molar-refractivity contribution in [2.24, 2.45) is 0 Å². The topological polar surface area (TPSA) is 85.8 Å². The Bertz CT molecular complexity index is 1220. The number of nitrogens with zero attached hydrogens (tertiary/aromatic N) is 3. The van der Waals surface area contributed by atoms with E-state index in [1.807, 2.05) is 24.3 Å². The standard InChI is InChI=1S/C24H26FN5O/c1-2-3-4-7-14-27-24(31)20-21-23(29-19-9-6-5-8-18(19)28-21)30(22(20)26)15-16-10-12-17(25)13-11-16/h5-6,8-13H,2-4,7,14-15,26H2,1H3,(H,27,31). The number of nitrogens with one attached hydrogen (secondary N) is 1. The van der Waals surface area contributed by atoms with Crippen LogP contribution in [0.1, 0.15) is 48.5 Å². The van der Waals surface area contributed by atoms with Crippen molar-refractivity contribution in [1.29, 1.82) is 0 Å². The molecule has 0 fully saturated rings. The molecule has 7 heteroatoms. The number of carbonyl (C=O) groups is 1. The van der Waals surface area contributed by atoms with Crippen LogP contribution in [0.15, 0.2) is 48.5 Å². The van der Waals surface area contributed by atoms with Crippen molar-refractivity contribution < 1.29 is 9.18 Å². The third kappa shape index (κ3) is 4.35. The van der Waals surface area contributed by atoms with Crippen LogP contribution in [-0.4, -0.2) is 27.0 Å². The molecule has 31 heavy (non-hydrogen) atoms. The average molecular weight is 420 g/mol. The summed E-state index contributed by atoms with van der Waals surface area (Å²) in [5, 5.41) is 2.97. The first kappa shape index (κ1) is 20.8. The minimum Gasteiger partial charge on any atom is -0.384 e. The van der Waals surface area contributed by atoms with E-state index in [1.165, 1.54) is 12.1 Å². The van der Waals surface area contributed by atoms with Crippen LogP contribution < -0.4 is 11.1 Å². The minimum absolute atomic E-state index is 0.249. The van der Waals surface area contributed by atoms with Gasteiger partial charge in [-0.15, -0.1) is 0 Å². The fraction of sp³-hybridized carbons (Fsp3) is 0.292. The molecule has 1 amide bonds. The molecule has 0 aliphatic carbocycles. The second-order valence-corrected chi connectivity index (χ2v) is 7.67. The van der Waals surface area contributed by atoms with E-state index in [2.05, 4.69) is 12.2 Å². The molecule has 0 radical (unpaired) electrons. The van der Waals surface area contributed by atoms with Crippen molar-refractivity contribution in [3.8, 4) is 0 Å². The lowest BCUT2D eigenvalue weighted by molar-refractivity contribution is 0.0955. The highest BCUT2D eigenvalue weighted by Crippen LogP contribution is 2.28. The SMILES string of the molecule is CCCCCCNC(=O)c1c(N)n(Cc2ccc(F)cc2)c2nc3ccccc3nc12. The molecule has 0 atom stereocenters. The van der Waals surface area contributed by atoms with Crippen molar-refractivity contribution in [3.63, 3.8) is 0 Å². The monoisotopic (exact) mass is 419 g/mol. The molecule has 0 saturated heterocycles. The van der Waals surface area contributed by atoms with Crippen molar-refractivity contribution in [3.05, 3.63) is 65.5 Å². The number of rotatable bonds is 8. The normalized spacial score (nSPS) is 11.3. The third-order valence-corrected chi connectivity index (χ3v) is 5.39. The van der Waals surface area contributed by atoms with Crippen molar-refractivity contribution in [2.75, 3.05) is 12.3 Å². The van der Waals surface area contributed by atoms with Crippen molar-refractivity contribution in [2.45, 2.75) is 39.2 Å². The van der Waals surface area contributed by atoms with Crippen LogP contribution in [-0.2, 0) is 6.54 Å². The first-order chi connectivity index (χ1) is 15.1. The number of unbranched alkanes of at least 4 members (excludes halogenated alkanes) is 3. The largest absolute Gasteiger partial charge is 0.384 e. The molecule has 160 valence electrons. The van der Waals surface area contributed by atoms with E-state index >= 15 is 0 Å². The van der Waals surface area contributed by atoms with Crippen LogP contribution in [0.25, 0.3) is 22.2 Å². The highest BCUT2D eigenvalue weighted by atomic mass is 19.1. The fourth-order valence-electron chi connectivity index (χ4n) is 3.72. The molecule has 0 bridgehead atoms. The molecule has 0 spiro atoms. The molecule has 0 unspecified atom stereocenters. The average Bonchev–Trinajstić information content (AvgIpc) is 3.04.